The molecule has 0 atom stereocenters. The molecule has 0 aliphatic carbocycles. The Kier molecular flexibility index (Phi) is 4.57. The molecule has 0 aromatic heterocycles. The fourth-order valence-electron chi connectivity index (χ4n) is 1.79. The second kappa shape index (κ2) is 4.77. The van der Waals surface area contributed by atoms with Gasteiger partial charge in [-0.05, 0) is 32.6 Å². The molecule has 0 rings (SSSR count). The average molecular weight is 195 g/mol. The lowest BCUT2D eigenvalue weighted by Crippen LogP contribution is -2.24. The van der Waals surface area contributed by atoms with Gasteiger partial charge in [-0.1, -0.05) is 32.9 Å². The Bertz CT molecular complexity index is 216. The van der Waals surface area contributed by atoms with Gasteiger partial charge in [-0.15, -0.1) is 0 Å². The van der Waals surface area contributed by atoms with Crippen LogP contribution in [0.1, 0.15) is 54.4 Å². The van der Waals surface area contributed by atoms with Gasteiger partial charge in [-0.2, -0.15) is 0 Å². The molecule has 0 aliphatic rings. The average Bonchev–Trinajstić information content (AvgIpc) is 1.78. The first-order valence-corrected chi connectivity index (χ1v) is 5.30. The highest BCUT2D eigenvalue weighted by atomic mass is 14.8. The summed E-state index contributed by atoms with van der Waals surface area (Å²) < 4.78 is 0. The van der Waals surface area contributed by atoms with Gasteiger partial charge in [0.2, 0.25) is 0 Å². The first-order valence-electron chi connectivity index (χ1n) is 5.30. The number of hydrogen-bond acceptors (Lipinski definition) is 1. The zero-order valence-electron chi connectivity index (χ0n) is 10.6. The van der Waals surface area contributed by atoms with E-state index < -0.39 is 0 Å². The number of hydrogen-bond donors (Lipinski definition) is 0. The molecular formula is C13H25N. The summed E-state index contributed by atoms with van der Waals surface area (Å²) in [6.45, 7) is 17.0. The van der Waals surface area contributed by atoms with E-state index in [0.717, 1.165) is 12.8 Å². The van der Waals surface area contributed by atoms with Gasteiger partial charge in [-0.25, -0.2) is 0 Å². The van der Waals surface area contributed by atoms with Gasteiger partial charge in [0.1, 0.15) is 0 Å². The predicted molar refractivity (Wildman–Crippen MR) is 66.1 cm³/mol. The first kappa shape index (κ1) is 13.4. The largest absolute Gasteiger partial charge is 0.291 e. The maximum Gasteiger partial charge on any atom is 0.0553 e. The number of aliphatic imine (C=N–C) groups is 1. The summed E-state index contributed by atoms with van der Waals surface area (Å²) in [5, 5.41) is 0. The van der Waals surface area contributed by atoms with Crippen molar-refractivity contribution in [2.75, 3.05) is 0 Å². The molecule has 82 valence electrons. The van der Waals surface area contributed by atoms with E-state index in [-0.39, 0.29) is 5.54 Å². The highest BCUT2D eigenvalue weighted by Crippen LogP contribution is 2.29. The smallest absolute Gasteiger partial charge is 0.0553 e. The van der Waals surface area contributed by atoms with Crippen LogP contribution < -0.4 is 0 Å². The molecule has 0 spiro atoms. The van der Waals surface area contributed by atoms with E-state index >= 15 is 0 Å². The van der Waals surface area contributed by atoms with Crippen LogP contribution in [-0.2, 0) is 0 Å². The Morgan fingerprint density at radius 3 is 2.07 bits per heavy atom. The zero-order valence-corrected chi connectivity index (χ0v) is 10.6. The topological polar surface area (TPSA) is 12.4 Å². The standard InChI is InChI=1S/C13H25N/c1-11(2)8-9-14-13(6,7)10-12(3,4)5/h9H,1,8,10H2,2-7H3. The quantitative estimate of drug-likeness (QED) is 0.470. The highest BCUT2D eigenvalue weighted by Gasteiger charge is 2.23. The third-order valence-corrected chi connectivity index (χ3v) is 1.84. The van der Waals surface area contributed by atoms with E-state index in [2.05, 4.69) is 46.2 Å². The zero-order chi connectivity index (χ0) is 11.4. The lowest BCUT2D eigenvalue weighted by atomic mass is 9.82. The molecule has 0 bridgehead atoms. The second-order valence-corrected chi connectivity index (χ2v) is 6.02. The normalized spacial score (nSPS) is 13.6. The van der Waals surface area contributed by atoms with Crippen molar-refractivity contribution < 1.29 is 0 Å². The van der Waals surface area contributed by atoms with Crippen LogP contribution in [0, 0.1) is 5.41 Å². The molecule has 0 aliphatic heterocycles. The van der Waals surface area contributed by atoms with Gasteiger partial charge < -0.3 is 0 Å². The maximum absolute atomic E-state index is 4.60. The molecular weight excluding hydrogens is 170 g/mol. The van der Waals surface area contributed by atoms with E-state index in [1.54, 1.807) is 0 Å². The van der Waals surface area contributed by atoms with Crippen molar-refractivity contribution in [2.24, 2.45) is 10.4 Å². The Morgan fingerprint density at radius 1 is 1.21 bits per heavy atom. The molecule has 0 amide bonds. The Balaban J connectivity index is 4.20. The van der Waals surface area contributed by atoms with Crippen molar-refractivity contribution in [3.8, 4) is 0 Å². The Labute approximate surface area is 89.3 Å². The minimum atomic E-state index is 0.0493. The van der Waals surface area contributed by atoms with Crippen molar-refractivity contribution >= 4 is 6.21 Å². The molecule has 14 heavy (non-hydrogen) atoms. The molecule has 1 heteroatoms. The van der Waals surface area contributed by atoms with Crippen LogP contribution in [0.25, 0.3) is 0 Å². The summed E-state index contributed by atoms with van der Waals surface area (Å²) in [5.74, 6) is 0. The van der Waals surface area contributed by atoms with E-state index in [9.17, 15) is 0 Å². The van der Waals surface area contributed by atoms with E-state index in [4.69, 9.17) is 0 Å². The second-order valence-electron chi connectivity index (χ2n) is 6.02. The lowest BCUT2D eigenvalue weighted by molar-refractivity contribution is 0.289. The Hall–Kier alpha value is -0.590. The van der Waals surface area contributed by atoms with Crippen LogP contribution in [0.15, 0.2) is 17.1 Å². The SMILES string of the molecule is C=C(C)CC=NC(C)(C)CC(C)(C)C. The van der Waals surface area contributed by atoms with Crippen molar-refractivity contribution in [2.45, 2.75) is 59.9 Å². The third kappa shape index (κ3) is 8.03. The summed E-state index contributed by atoms with van der Waals surface area (Å²) in [7, 11) is 0. The minimum absolute atomic E-state index is 0.0493. The molecule has 0 aromatic carbocycles. The third-order valence-electron chi connectivity index (χ3n) is 1.84. The summed E-state index contributed by atoms with van der Waals surface area (Å²) in [6, 6.07) is 0. The van der Waals surface area contributed by atoms with Gasteiger partial charge in [0.05, 0.1) is 5.54 Å². The summed E-state index contributed by atoms with van der Waals surface area (Å²) in [5.41, 5.74) is 1.55. The molecule has 0 fully saturated rings. The molecule has 0 saturated heterocycles. The number of rotatable bonds is 4. The van der Waals surface area contributed by atoms with Crippen molar-refractivity contribution in [3.63, 3.8) is 0 Å². The fraction of sp³-hybridized carbons (Fsp3) is 0.769. The molecule has 0 unspecified atom stereocenters. The van der Waals surface area contributed by atoms with Crippen LogP contribution in [0.3, 0.4) is 0 Å². The van der Waals surface area contributed by atoms with Crippen LogP contribution in [-0.4, -0.2) is 11.8 Å². The monoisotopic (exact) mass is 195 g/mol. The first-order chi connectivity index (χ1) is 6.12. The number of nitrogens with zero attached hydrogens (tertiary/aromatic N) is 1. The maximum atomic E-state index is 4.60. The lowest BCUT2D eigenvalue weighted by Gasteiger charge is -2.29. The summed E-state index contributed by atoms with van der Waals surface area (Å²) >= 11 is 0. The van der Waals surface area contributed by atoms with Crippen LogP contribution in [0.5, 0.6) is 0 Å². The van der Waals surface area contributed by atoms with Crippen LogP contribution in [0.4, 0.5) is 0 Å². The number of allylic oxidation sites excluding steroid dienone is 1. The summed E-state index contributed by atoms with van der Waals surface area (Å²) in [4.78, 5) is 4.60. The van der Waals surface area contributed by atoms with E-state index in [0.29, 0.717) is 5.41 Å². The predicted octanol–water partition coefficient (Wildman–Crippen LogP) is 4.24. The summed E-state index contributed by atoms with van der Waals surface area (Å²) in [6.07, 6.45) is 3.99. The molecule has 0 N–H and O–H groups in total. The van der Waals surface area contributed by atoms with Gasteiger partial charge >= 0.3 is 0 Å². The minimum Gasteiger partial charge on any atom is -0.291 e. The molecule has 0 radical (unpaired) electrons. The van der Waals surface area contributed by atoms with Gasteiger partial charge in [0, 0.05) is 12.6 Å². The molecule has 1 nitrogen and oxygen atoms in total. The van der Waals surface area contributed by atoms with Gasteiger partial charge in [0.15, 0.2) is 0 Å². The fourth-order valence-corrected chi connectivity index (χ4v) is 1.79. The van der Waals surface area contributed by atoms with E-state index in [1.807, 2.05) is 13.1 Å². The highest BCUT2D eigenvalue weighted by molar-refractivity contribution is 5.61. The van der Waals surface area contributed by atoms with Crippen LogP contribution in [0.2, 0.25) is 0 Å². The molecule has 0 heterocycles. The molecule has 0 saturated carbocycles. The van der Waals surface area contributed by atoms with Crippen molar-refractivity contribution in [1.29, 1.82) is 0 Å². The van der Waals surface area contributed by atoms with Crippen LogP contribution >= 0.6 is 0 Å². The van der Waals surface area contributed by atoms with Gasteiger partial charge in [0.25, 0.3) is 0 Å². The van der Waals surface area contributed by atoms with Crippen molar-refractivity contribution in [3.05, 3.63) is 12.2 Å². The van der Waals surface area contributed by atoms with E-state index in [1.165, 1.54) is 5.57 Å². The van der Waals surface area contributed by atoms with Crippen molar-refractivity contribution in [1.82, 2.24) is 0 Å². The Morgan fingerprint density at radius 2 is 1.71 bits per heavy atom. The molecule has 0 aromatic rings. The van der Waals surface area contributed by atoms with Gasteiger partial charge in [-0.3, -0.25) is 4.99 Å².